The smallest absolute Gasteiger partial charge is 0.159 e. The van der Waals surface area contributed by atoms with Crippen LogP contribution in [0.1, 0.15) is 11.1 Å². The third-order valence-corrected chi connectivity index (χ3v) is 4.36. The molecule has 0 amide bonds. The lowest BCUT2D eigenvalue weighted by atomic mass is 10.0. The van der Waals surface area contributed by atoms with Crippen LogP contribution in [0.25, 0.3) is 0 Å². The predicted octanol–water partition coefficient (Wildman–Crippen LogP) is 2.13. The van der Waals surface area contributed by atoms with Crippen LogP contribution < -0.4 is 16.2 Å². The molecule has 1 aliphatic rings. The molecular formula is C14H16BrN5. The molecule has 1 aromatic heterocycles. The summed E-state index contributed by atoms with van der Waals surface area (Å²) in [5.74, 6) is 6.96. The van der Waals surface area contributed by atoms with Crippen LogP contribution in [0.2, 0.25) is 0 Å². The van der Waals surface area contributed by atoms with Crippen LogP contribution in [-0.4, -0.2) is 23.1 Å². The molecule has 1 aliphatic heterocycles. The van der Waals surface area contributed by atoms with Gasteiger partial charge in [0.15, 0.2) is 5.82 Å². The number of halogens is 1. The maximum absolute atomic E-state index is 5.46. The number of anilines is 2. The van der Waals surface area contributed by atoms with Gasteiger partial charge in [-0.25, -0.2) is 15.8 Å². The first kappa shape index (κ1) is 13.3. The van der Waals surface area contributed by atoms with Gasteiger partial charge in [0.2, 0.25) is 0 Å². The Kier molecular flexibility index (Phi) is 3.84. The van der Waals surface area contributed by atoms with Crippen molar-refractivity contribution in [1.29, 1.82) is 0 Å². The molecule has 2 heterocycles. The molecule has 0 unspecified atom stereocenters. The quantitative estimate of drug-likeness (QED) is 0.651. The monoisotopic (exact) mass is 333 g/mol. The van der Waals surface area contributed by atoms with Gasteiger partial charge in [-0.05, 0) is 39.9 Å². The number of hydrazine groups is 1. The van der Waals surface area contributed by atoms with Crippen LogP contribution in [0.3, 0.4) is 0 Å². The number of hydrogen-bond donors (Lipinski definition) is 2. The van der Waals surface area contributed by atoms with Gasteiger partial charge in [-0.3, -0.25) is 0 Å². The highest BCUT2D eigenvalue weighted by Gasteiger charge is 2.18. The van der Waals surface area contributed by atoms with Gasteiger partial charge in [-0.1, -0.05) is 24.3 Å². The minimum absolute atomic E-state index is 0.608. The van der Waals surface area contributed by atoms with E-state index < -0.39 is 0 Å². The zero-order valence-corrected chi connectivity index (χ0v) is 12.6. The molecule has 0 bridgehead atoms. The van der Waals surface area contributed by atoms with Crippen molar-refractivity contribution < 1.29 is 0 Å². The van der Waals surface area contributed by atoms with E-state index in [1.165, 1.54) is 17.5 Å². The molecule has 0 radical (unpaired) electrons. The Morgan fingerprint density at radius 1 is 1.10 bits per heavy atom. The number of benzene rings is 1. The van der Waals surface area contributed by atoms with E-state index in [2.05, 4.69) is 60.5 Å². The van der Waals surface area contributed by atoms with Gasteiger partial charge < -0.3 is 10.3 Å². The second kappa shape index (κ2) is 5.76. The van der Waals surface area contributed by atoms with Gasteiger partial charge in [0.1, 0.15) is 16.6 Å². The molecule has 0 aliphatic carbocycles. The van der Waals surface area contributed by atoms with Gasteiger partial charge in [-0.15, -0.1) is 0 Å². The van der Waals surface area contributed by atoms with Crippen molar-refractivity contribution in [2.24, 2.45) is 5.84 Å². The van der Waals surface area contributed by atoms with E-state index in [4.69, 9.17) is 5.84 Å². The highest BCUT2D eigenvalue weighted by Crippen LogP contribution is 2.30. The normalized spacial score (nSPS) is 14.6. The second-order valence-electron chi connectivity index (χ2n) is 4.76. The van der Waals surface area contributed by atoms with Crippen molar-refractivity contribution in [2.45, 2.75) is 12.8 Å². The van der Waals surface area contributed by atoms with Crippen LogP contribution in [0.15, 0.2) is 35.1 Å². The van der Waals surface area contributed by atoms with Crippen molar-refractivity contribution >= 4 is 27.6 Å². The van der Waals surface area contributed by atoms with E-state index in [0.717, 1.165) is 36.2 Å². The average molecular weight is 334 g/mol. The molecule has 6 heteroatoms. The third kappa shape index (κ3) is 2.48. The van der Waals surface area contributed by atoms with Crippen molar-refractivity contribution in [2.75, 3.05) is 23.4 Å². The largest absolute Gasteiger partial charge is 0.355 e. The number of nitrogens with two attached hydrogens (primary N) is 1. The summed E-state index contributed by atoms with van der Waals surface area (Å²) >= 11 is 3.53. The van der Waals surface area contributed by atoms with Crippen molar-refractivity contribution in [3.05, 3.63) is 46.2 Å². The summed E-state index contributed by atoms with van der Waals surface area (Å²) in [6.45, 7) is 1.88. The summed E-state index contributed by atoms with van der Waals surface area (Å²) in [5, 5.41) is 0. The minimum atomic E-state index is 0.608. The Hall–Kier alpha value is -1.66. The van der Waals surface area contributed by atoms with Gasteiger partial charge >= 0.3 is 0 Å². The number of fused-ring (bicyclic) bond motifs is 1. The fourth-order valence-corrected chi connectivity index (χ4v) is 3.13. The van der Waals surface area contributed by atoms with E-state index >= 15 is 0 Å². The van der Waals surface area contributed by atoms with Crippen LogP contribution in [0.5, 0.6) is 0 Å². The fourth-order valence-electron chi connectivity index (χ4n) is 2.56. The molecule has 0 spiro atoms. The van der Waals surface area contributed by atoms with E-state index in [9.17, 15) is 0 Å². The number of rotatable bonds is 2. The Morgan fingerprint density at radius 2 is 1.75 bits per heavy atom. The molecule has 0 atom stereocenters. The van der Waals surface area contributed by atoms with Gasteiger partial charge in [0.25, 0.3) is 0 Å². The summed E-state index contributed by atoms with van der Waals surface area (Å²) in [4.78, 5) is 10.8. The summed E-state index contributed by atoms with van der Waals surface area (Å²) in [6.07, 6.45) is 3.59. The highest BCUT2D eigenvalue weighted by atomic mass is 79.9. The van der Waals surface area contributed by atoms with Crippen LogP contribution >= 0.6 is 15.9 Å². The number of nitrogens with zero attached hydrogens (tertiary/aromatic N) is 3. The first-order valence-electron chi connectivity index (χ1n) is 6.58. The molecule has 0 saturated carbocycles. The highest BCUT2D eigenvalue weighted by molar-refractivity contribution is 9.10. The van der Waals surface area contributed by atoms with Crippen molar-refractivity contribution in [3.8, 4) is 0 Å². The Labute approximate surface area is 126 Å². The Balaban J connectivity index is 1.87. The first-order chi connectivity index (χ1) is 9.79. The molecule has 20 heavy (non-hydrogen) atoms. The number of nitrogen functional groups attached to an aromatic ring is 1. The summed E-state index contributed by atoms with van der Waals surface area (Å²) in [5.41, 5.74) is 5.44. The zero-order valence-electron chi connectivity index (χ0n) is 11.0. The number of aromatic nitrogens is 2. The van der Waals surface area contributed by atoms with Crippen LogP contribution in [0.4, 0.5) is 11.6 Å². The van der Waals surface area contributed by atoms with E-state index in [1.54, 1.807) is 0 Å². The Morgan fingerprint density at radius 3 is 2.35 bits per heavy atom. The fraction of sp³-hybridized carbons (Fsp3) is 0.286. The van der Waals surface area contributed by atoms with E-state index in [1.807, 2.05) is 0 Å². The first-order valence-corrected chi connectivity index (χ1v) is 7.37. The summed E-state index contributed by atoms with van der Waals surface area (Å²) < 4.78 is 0.813. The molecular weight excluding hydrogens is 318 g/mol. The van der Waals surface area contributed by atoms with Crippen LogP contribution in [-0.2, 0) is 12.8 Å². The number of hydrogen-bond acceptors (Lipinski definition) is 5. The maximum atomic E-state index is 5.46. The lowest BCUT2D eigenvalue weighted by Crippen LogP contribution is -2.27. The average Bonchev–Trinajstić information content (AvgIpc) is 2.70. The maximum Gasteiger partial charge on any atom is 0.159 e. The molecule has 2 aromatic rings. The van der Waals surface area contributed by atoms with Gasteiger partial charge in [-0.2, -0.15) is 0 Å². The molecule has 1 aromatic carbocycles. The predicted molar refractivity (Wildman–Crippen MR) is 83.6 cm³/mol. The topological polar surface area (TPSA) is 67.1 Å². The van der Waals surface area contributed by atoms with Crippen LogP contribution in [0, 0.1) is 0 Å². The zero-order chi connectivity index (χ0) is 13.9. The number of nitrogens with one attached hydrogen (secondary N) is 1. The summed E-state index contributed by atoms with van der Waals surface area (Å²) in [7, 11) is 0. The second-order valence-corrected chi connectivity index (χ2v) is 5.55. The minimum Gasteiger partial charge on any atom is -0.355 e. The molecule has 3 rings (SSSR count). The lowest BCUT2D eigenvalue weighted by molar-refractivity contribution is 0.785. The Bertz CT molecular complexity index is 589. The third-order valence-electron chi connectivity index (χ3n) is 3.63. The molecule has 5 nitrogen and oxygen atoms in total. The summed E-state index contributed by atoms with van der Waals surface area (Å²) in [6, 6.07) is 8.62. The van der Waals surface area contributed by atoms with E-state index in [-0.39, 0.29) is 0 Å². The molecule has 0 fully saturated rings. The van der Waals surface area contributed by atoms with Crippen molar-refractivity contribution in [1.82, 2.24) is 9.97 Å². The SMILES string of the molecule is NNc1ncnc(N2CCc3ccccc3CC2)c1Br. The van der Waals surface area contributed by atoms with Gasteiger partial charge in [0.05, 0.1) is 0 Å². The van der Waals surface area contributed by atoms with E-state index in [0.29, 0.717) is 5.82 Å². The molecule has 104 valence electrons. The molecule has 0 saturated heterocycles. The van der Waals surface area contributed by atoms with Crippen molar-refractivity contribution in [3.63, 3.8) is 0 Å². The lowest BCUT2D eigenvalue weighted by Gasteiger charge is -2.23. The van der Waals surface area contributed by atoms with Gasteiger partial charge in [0, 0.05) is 13.1 Å². The standard InChI is InChI=1S/C14H16BrN5/c15-12-13(19-16)17-9-18-14(12)20-7-5-10-3-1-2-4-11(10)6-8-20/h1-4,9H,5-8,16H2,(H,17,18,19). The molecule has 3 N–H and O–H groups in total.